The molecule has 0 aliphatic heterocycles. The lowest BCUT2D eigenvalue weighted by atomic mass is 10.2. The highest BCUT2D eigenvalue weighted by atomic mass is 79.9. The van der Waals surface area contributed by atoms with Crippen LogP contribution in [0.25, 0.3) is 0 Å². The van der Waals surface area contributed by atoms with Gasteiger partial charge in [0.05, 0.1) is 10.6 Å². The number of rotatable bonds is 8. The van der Waals surface area contributed by atoms with E-state index in [4.69, 9.17) is 4.74 Å². The van der Waals surface area contributed by atoms with E-state index in [1.807, 2.05) is 32.0 Å². The van der Waals surface area contributed by atoms with Crippen molar-refractivity contribution in [3.63, 3.8) is 0 Å². The van der Waals surface area contributed by atoms with Crippen molar-refractivity contribution in [3.05, 3.63) is 28.2 Å². The summed E-state index contributed by atoms with van der Waals surface area (Å²) in [6.45, 7) is 5.03. The normalized spacial score (nSPS) is 14.2. The average Bonchev–Trinajstić information content (AvgIpc) is 2.37. The SMILES string of the molecule is CCC(O)CNCC(O)COc1ccc(C)cc1Br. The van der Waals surface area contributed by atoms with Gasteiger partial charge in [-0.05, 0) is 47.0 Å². The maximum absolute atomic E-state index is 9.76. The highest BCUT2D eigenvalue weighted by molar-refractivity contribution is 9.10. The lowest BCUT2D eigenvalue weighted by molar-refractivity contribution is 0.0988. The second-order valence-corrected chi connectivity index (χ2v) is 5.47. The standard InChI is InChI=1S/C14H22BrNO3/c1-3-11(17)7-16-8-12(18)9-19-14-5-4-10(2)6-13(14)15/h4-6,11-12,16-18H,3,7-9H2,1-2H3. The van der Waals surface area contributed by atoms with Gasteiger partial charge >= 0.3 is 0 Å². The van der Waals surface area contributed by atoms with Crippen molar-refractivity contribution in [1.29, 1.82) is 0 Å². The topological polar surface area (TPSA) is 61.7 Å². The Labute approximate surface area is 122 Å². The molecule has 1 rings (SSSR count). The van der Waals surface area contributed by atoms with Crippen LogP contribution in [0.4, 0.5) is 0 Å². The van der Waals surface area contributed by atoms with Gasteiger partial charge in [0.15, 0.2) is 0 Å². The summed E-state index contributed by atoms with van der Waals surface area (Å²) in [5.74, 6) is 0.721. The van der Waals surface area contributed by atoms with Crippen LogP contribution in [-0.2, 0) is 0 Å². The van der Waals surface area contributed by atoms with Crippen molar-refractivity contribution < 1.29 is 14.9 Å². The fourth-order valence-corrected chi connectivity index (χ4v) is 2.14. The van der Waals surface area contributed by atoms with E-state index in [2.05, 4.69) is 21.2 Å². The van der Waals surface area contributed by atoms with Gasteiger partial charge in [0, 0.05) is 13.1 Å². The highest BCUT2D eigenvalue weighted by Gasteiger charge is 2.08. The Morgan fingerprint density at radius 1 is 1.26 bits per heavy atom. The zero-order chi connectivity index (χ0) is 14.3. The first kappa shape index (κ1) is 16.4. The van der Waals surface area contributed by atoms with Gasteiger partial charge in [0.25, 0.3) is 0 Å². The molecule has 0 aliphatic rings. The number of benzene rings is 1. The molecule has 1 aromatic carbocycles. The Balaban J connectivity index is 2.28. The summed E-state index contributed by atoms with van der Waals surface area (Å²) in [5, 5.41) is 22.1. The molecule has 0 amide bonds. The zero-order valence-electron chi connectivity index (χ0n) is 11.4. The van der Waals surface area contributed by atoms with Crippen LogP contribution in [0.5, 0.6) is 5.75 Å². The van der Waals surface area contributed by atoms with E-state index in [0.29, 0.717) is 19.5 Å². The minimum absolute atomic E-state index is 0.219. The molecule has 0 aliphatic carbocycles. The number of aliphatic hydroxyl groups excluding tert-OH is 2. The largest absolute Gasteiger partial charge is 0.490 e. The van der Waals surface area contributed by atoms with Crippen LogP contribution in [0, 0.1) is 6.92 Å². The van der Waals surface area contributed by atoms with E-state index in [9.17, 15) is 10.2 Å². The Kier molecular flexibility index (Phi) is 7.38. The smallest absolute Gasteiger partial charge is 0.133 e. The molecular formula is C14H22BrNO3. The van der Waals surface area contributed by atoms with Crippen LogP contribution in [0.15, 0.2) is 22.7 Å². The number of aryl methyl sites for hydroxylation is 1. The zero-order valence-corrected chi connectivity index (χ0v) is 13.0. The van der Waals surface area contributed by atoms with Crippen LogP contribution in [0.3, 0.4) is 0 Å². The lowest BCUT2D eigenvalue weighted by Gasteiger charge is -2.15. The van der Waals surface area contributed by atoms with Crippen LogP contribution < -0.4 is 10.1 Å². The summed E-state index contributed by atoms with van der Waals surface area (Å²) < 4.78 is 6.42. The maximum atomic E-state index is 9.76. The summed E-state index contributed by atoms with van der Waals surface area (Å²) >= 11 is 3.42. The molecule has 1 aromatic rings. The third kappa shape index (κ3) is 6.38. The summed E-state index contributed by atoms with van der Waals surface area (Å²) in [5.41, 5.74) is 1.15. The minimum Gasteiger partial charge on any atom is -0.490 e. The number of hydrogen-bond donors (Lipinski definition) is 3. The Hall–Kier alpha value is -0.620. The number of aliphatic hydroxyl groups is 2. The third-order valence-corrected chi connectivity index (χ3v) is 3.37. The second kappa shape index (κ2) is 8.53. The third-order valence-electron chi connectivity index (χ3n) is 2.75. The fourth-order valence-electron chi connectivity index (χ4n) is 1.53. The van der Waals surface area contributed by atoms with Gasteiger partial charge in [-0.2, -0.15) is 0 Å². The van der Waals surface area contributed by atoms with Gasteiger partial charge in [-0.25, -0.2) is 0 Å². The van der Waals surface area contributed by atoms with E-state index in [1.54, 1.807) is 0 Å². The summed E-state index contributed by atoms with van der Waals surface area (Å²) in [7, 11) is 0. The van der Waals surface area contributed by atoms with Crippen LogP contribution in [-0.4, -0.2) is 42.1 Å². The Morgan fingerprint density at radius 3 is 2.58 bits per heavy atom. The molecule has 2 atom stereocenters. The first-order chi connectivity index (χ1) is 9.02. The number of nitrogens with one attached hydrogen (secondary N) is 1. The van der Waals surface area contributed by atoms with Crippen molar-refractivity contribution >= 4 is 15.9 Å². The number of halogens is 1. The molecule has 2 unspecified atom stereocenters. The van der Waals surface area contributed by atoms with Crippen molar-refractivity contribution in [2.45, 2.75) is 32.5 Å². The lowest BCUT2D eigenvalue weighted by Crippen LogP contribution is -2.35. The molecule has 0 saturated heterocycles. The van der Waals surface area contributed by atoms with Crippen molar-refractivity contribution in [3.8, 4) is 5.75 Å². The van der Waals surface area contributed by atoms with E-state index in [1.165, 1.54) is 0 Å². The Morgan fingerprint density at radius 2 is 1.95 bits per heavy atom. The minimum atomic E-state index is -0.600. The average molecular weight is 332 g/mol. The summed E-state index contributed by atoms with van der Waals surface area (Å²) in [4.78, 5) is 0. The molecule has 0 fully saturated rings. The van der Waals surface area contributed by atoms with Gasteiger partial charge in [0.1, 0.15) is 18.5 Å². The van der Waals surface area contributed by atoms with Crippen LogP contribution in [0.2, 0.25) is 0 Å². The molecule has 108 valence electrons. The molecular weight excluding hydrogens is 310 g/mol. The molecule has 19 heavy (non-hydrogen) atoms. The first-order valence-corrected chi connectivity index (χ1v) is 7.28. The molecule has 0 radical (unpaired) electrons. The van der Waals surface area contributed by atoms with Crippen LogP contribution in [0.1, 0.15) is 18.9 Å². The molecule has 4 nitrogen and oxygen atoms in total. The van der Waals surface area contributed by atoms with Crippen molar-refractivity contribution in [2.24, 2.45) is 0 Å². The molecule has 3 N–H and O–H groups in total. The van der Waals surface area contributed by atoms with Gasteiger partial charge < -0.3 is 20.3 Å². The predicted molar refractivity (Wildman–Crippen MR) is 79.5 cm³/mol. The molecule has 0 aromatic heterocycles. The van der Waals surface area contributed by atoms with E-state index >= 15 is 0 Å². The number of ether oxygens (including phenoxy) is 1. The quantitative estimate of drug-likeness (QED) is 0.680. The first-order valence-electron chi connectivity index (χ1n) is 6.48. The van der Waals surface area contributed by atoms with E-state index < -0.39 is 6.10 Å². The van der Waals surface area contributed by atoms with Gasteiger partial charge in [0.2, 0.25) is 0 Å². The summed E-state index contributed by atoms with van der Waals surface area (Å²) in [6, 6.07) is 5.81. The van der Waals surface area contributed by atoms with Crippen molar-refractivity contribution in [2.75, 3.05) is 19.7 Å². The van der Waals surface area contributed by atoms with E-state index in [-0.39, 0.29) is 12.7 Å². The van der Waals surface area contributed by atoms with Gasteiger partial charge in [-0.3, -0.25) is 0 Å². The molecule has 5 heteroatoms. The number of hydrogen-bond acceptors (Lipinski definition) is 4. The Bertz CT molecular complexity index is 387. The van der Waals surface area contributed by atoms with Crippen molar-refractivity contribution in [1.82, 2.24) is 5.32 Å². The van der Waals surface area contributed by atoms with Gasteiger partial charge in [-0.1, -0.05) is 13.0 Å². The molecule has 0 spiro atoms. The highest BCUT2D eigenvalue weighted by Crippen LogP contribution is 2.25. The van der Waals surface area contributed by atoms with E-state index in [0.717, 1.165) is 15.8 Å². The van der Waals surface area contributed by atoms with Crippen LogP contribution >= 0.6 is 15.9 Å². The molecule has 0 bridgehead atoms. The fraction of sp³-hybridized carbons (Fsp3) is 0.571. The monoisotopic (exact) mass is 331 g/mol. The summed E-state index contributed by atoms with van der Waals surface area (Å²) in [6.07, 6.45) is -0.257. The second-order valence-electron chi connectivity index (χ2n) is 4.62. The molecule has 0 saturated carbocycles. The predicted octanol–water partition coefficient (Wildman–Crippen LogP) is 1.86. The molecule has 0 heterocycles. The maximum Gasteiger partial charge on any atom is 0.133 e. The van der Waals surface area contributed by atoms with Gasteiger partial charge in [-0.15, -0.1) is 0 Å².